The second-order valence-electron chi connectivity index (χ2n) is 2.95. The summed E-state index contributed by atoms with van der Waals surface area (Å²) in [6.07, 6.45) is -0.474. The monoisotopic (exact) mass is 240 g/mol. The van der Waals surface area contributed by atoms with Gasteiger partial charge in [0.05, 0.1) is 11.6 Å². The highest BCUT2D eigenvalue weighted by Crippen LogP contribution is 2.28. The summed E-state index contributed by atoms with van der Waals surface area (Å²) in [6.45, 7) is 1.74. The molecule has 0 saturated heterocycles. The van der Waals surface area contributed by atoms with Crippen molar-refractivity contribution in [1.82, 2.24) is 10.2 Å². The average molecular weight is 241 g/mol. The molecule has 1 heterocycles. The Bertz CT molecular complexity index is 436. The third-order valence-electron chi connectivity index (χ3n) is 2.02. The van der Waals surface area contributed by atoms with E-state index >= 15 is 0 Å². The molecule has 13 heavy (non-hydrogen) atoms. The Hall–Kier alpha value is -0.870. The first-order chi connectivity index (χ1) is 6.20. The minimum absolute atomic E-state index is 0.474. The van der Waals surface area contributed by atoms with Crippen LogP contribution in [-0.2, 0) is 0 Å². The lowest BCUT2D eigenvalue weighted by atomic mass is 10.1. The molecule has 68 valence electrons. The van der Waals surface area contributed by atoms with Gasteiger partial charge in [0.25, 0.3) is 0 Å². The van der Waals surface area contributed by atoms with Crippen molar-refractivity contribution in [3.8, 4) is 0 Å². The number of fused-ring (bicyclic) bond motifs is 1. The molecule has 0 aliphatic carbocycles. The molecule has 2 N–H and O–H groups in total. The molecule has 2 rings (SSSR count). The molecule has 0 spiro atoms. The van der Waals surface area contributed by atoms with Crippen molar-refractivity contribution >= 4 is 26.8 Å². The van der Waals surface area contributed by atoms with Gasteiger partial charge in [0.1, 0.15) is 4.60 Å². The summed E-state index contributed by atoms with van der Waals surface area (Å²) in [5.41, 5.74) is 1.75. The van der Waals surface area contributed by atoms with Gasteiger partial charge in [0.15, 0.2) is 0 Å². The van der Waals surface area contributed by atoms with Crippen molar-refractivity contribution in [2.24, 2.45) is 0 Å². The number of nitrogens with zero attached hydrogens (tertiary/aromatic N) is 1. The van der Waals surface area contributed by atoms with E-state index in [4.69, 9.17) is 0 Å². The van der Waals surface area contributed by atoms with Crippen LogP contribution in [0.1, 0.15) is 18.6 Å². The molecular formula is C9H9BrN2O. The average Bonchev–Trinajstić information content (AvgIpc) is 2.48. The van der Waals surface area contributed by atoms with Crippen LogP contribution in [0.3, 0.4) is 0 Å². The molecule has 0 saturated carbocycles. The number of hydrogen-bond donors (Lipinski definition) is 2. The molecule has 0 radical (unpaired) electrons. The molecule has 2 aromatic rings. The highest BCUT2D eigenvalue weighted by atomic mass is 79.9. The van der Waals surface area contributed by atoms with Crippen molar-refractivity contribution in [2.45, 2.75) is 13.0 Å². The van der Waals surface area contributed by atoms with Gasteiger partial charge in [-0.25, -0.2) is 0 Å². The highest BCUT2D eigenvalue weighted by Gasteiger charge is 2.10. The molecule has 0 aliphatic heterocycles. The van der Waals surface area contributed by atoms with Crippen LogP contribution in [0.5, 0.6) is 0 Å². The Balaban J connectivity index is 2.80. The molecule has 1 atom stereocenters. The van der Waals surface area contributed by atoms with Crippen LogP contribution < -0.4 is 0 Å². The normalized spacial score (nSPS) is 13.5. The van der Waals surface area contributed by atoms with Crippen molar-refractivity contribution in [2.75, 3.05) is 0 Å². The molecule has 0 aliphatic rings. The van der Waals surface area contributed by atoms with Gasteiger partial charge < -0.3 is 5.11 Å². The summed E-state index contributed by atoms with van der Waals surface area (Å²) < 4.78 is 0.819. The zero-order chi connectivity index (χ0) is 9.42. The maximum Gasteiger partial charge on any atom is 0.109 e. The first-order valence-corrected chi connectivity index (χ1v) is 4.80. The van der Waals surface area contributed by atoms with Crippen LogP contribution in [0.15, 0.2) is 22.8 Å². The van der Waals surface area contributed by atoms with Crippen molar-refractivity contribution in [3.63, 3.8) is 0 Å². The predicted molar refractivity (Wildman–Crippen MR) is 54.4 cm³/mol. The van der Waals surface area contributed by atoms with Gasteiger partial charge in [-0.2, -0.15) is 5.10 Å². The van der Waals surface area contributed by atoms with E-state index in [1.807, 2.05) is 18.2 Å². The maximum atomic E-state index is 9.50. The number of aromatic amines is 1. The van der Waals surface area contributed by atoms with E-state index in [9.17, 15) is 5.11 Å². The molecule has 1 aromatic heterocycles. The SMILES string of the molecule is CC(O)c1cccc2n[nH]c(Br)c12. The van der Waals surface area contributed by atoms with Gasteiger partial charge in [-0.3, -0.25) is 5.10 Å². The van der Waals surface area contributed by atoms with Crippen LogP contribution in [0, 0.1) is 0 Å². The molecule has 1 unspecified atom stereocenters. The standard InChI is InChI=1S/C9H9BrN2O/c1-5(13)6-3-2-4-7-8(6)9(10)12-11-7/h2-5,13H,1H3,(H,11,12). The van der Waals surface area contributed by atoms with Gasteiger partial charge in [-0.1, -0.05) is 12.1 Å². The summed E-state index contributed by atoms with van der Waals surface area (Å²) in [4.78, 5) is 0. The summed E-state index contributed by atoms with van der Waals surface area (Å²) in [7, 11) is 0. The third kappa shape index (κ3) is 1.36. The van der Waals surface area contributed by atoms with Crippen molar-refractivity contribution in [3.05, 3.63) is 28.4 Å². The lowest BCUT2D eigenvalue weighted by Crippen LogP contribution is -1.91. The quantitative estimate of drug-likeness (QED) is 0.805. The summed E-state index contributed by atoms with van der Waals surface area (Å²) in [5, 5.41) is 17.4. The van der Waals surface area contributed by atoms with Gasteiger partial charge in [-0.05, 0) is 34.5 Å². The molecule has 3 nitrogen and oxygen atoms in total. The lowest BCUT2D eigenvalue weighted by molar-refractivity contribution is 0.201. The first kappa shape index (κ1) is 8.72. The molecule has 0 bridgehead atoms. The number of nitrogens with one attached hydrogen (secondary N) is 1. The van der Waals surface area contributed by atoms with Gasteiger partial charge in [0, 0.05) is 5.39 Å². The molecule has 0 amide bonds. The smallest absolute Gasteiger partial charge is 0.109 e. The van der Waals surface area contributed by atoms with Crippen LogP contribution >= 0.6 is 15.9 Å². The van der Waals surface area contributed by atoms with Crippen LogP contribution in [0.25, 0.3) is 10.9 Å². The number of aliphatic hydroxyl groups is 1. The number of halogens is 1. The zero-order valence-corrected chi connectivity index (χ0v) is 8.67. The third-order valence-corrected chi connectivity index (χ3v) is 2.59. The molecule has 1 aromatic carbocycles. The van der Waals surface area contributed by atoms with E-state index in [1.54, 1.807) is 6.92 Å². The minimum Gasteiger partial charge on any atom is -0.389 e. The number of aliphatic hydroxyl groups excluding tert-OH is 1. The Labute approximate surface area is 83.9 Å². The zero-order valence-electron chi connectivity index (χ0n) is 7.08. The van der Waals surface area contributed by atoms with Crippen LogP contribution in [0.2, 0.25) is 0 Å². The molecular weight excluding hydrogens is 232 g/mol. The molecule has 0 fully saturated rings. The number of rotatable bonds is 1. The molecule has 4 heteroatoms. The van der Waals surface area contributed by atoms with Gasteiger partial charge >= 0.3 is 0 Å². The van der Waals surface area contributed by atoms with E-state index in [1.165, 1.54) is 0 Å². The van der Waals surface area contributed by atoms with Crippen LogP contribution in [0.4, 0.5) is 0 Å². The number of hydrogen-bond acceptors (Lipinski definition) is 2. The summed E-state index contributed by atoms with van der Waals surface area (Å²) in [5.74, 6) is 0. The maximum absolute atomic E-state index is 9.50. The first-order valence-electron chi connectivity index (χ1n) is 4.00. The van der Waals surface area contributed by atoms with E-state index < -0.39 is 6.10 Å². The Morgan fingerprint density at radius 2 is 2.31 bits per heavy atom. The van der Waals surface area contributed by atoms with E-state index in [-0.39, 0.29) is 0 Å². The highest BCUT2D eigenvalue weighted by molar-refractivity contribution is 9.10. The largest absolute Gasteiger partial charge is 0.389 e. The summed E-state index contributed by atoms with van der Waals surface area (Å²) >= 11 is 3.36. The number of benzene rings is 1. The van der Waals surface area contributed by atoms with E-state index in [2.05, 4.69) is 26.1 Å². The Morgan fingerprint density at radius 1 is 1.54 bits per heavy atom. The van der Waals surface area contributed by atoms with E-state index in [0.717, 1.165) is 21.1 Å². The summed E-state index contributed by atoms with van der Waals surface area (Å²) in [6, 6.07) is 5.69. The lowest BCUT2D eigenvalue weighted by Gasteiger charge is -2.05. The second kappa shape index (κ2) is 3.12. The predicted octanol–water partition coefficient (Wildman–Crippen LogP) is 2.38. The van der Waals surface area contributed by atoms with Gasteiger partial charge in [-0.15, -0.1) is 0 Å². The Morgan fingerprint density at radius 3 is 3.00 bits per heavy atom. The van der Waals surface area contributed by atoms with Crippen LogP contribution in [-0.4, -0.2) is 15.3 Å². The fraction of sp³-hybridized carbons (Fsp3) is 0.222. The fourth-order valence-corrected chi connectivity index (χ4v) is 1.92. The fourth-order valence-electron chi connectivity index (χ4n) is 1.40. The van der Waals surface area contributed by atoms with E-state index in [0.29, 0.717) is 0 Å². The second-order valence-corrected chi connectivity index (χ2v) is 3.75. The topological polar surface area (TPSA) is 48.9 Å². The van der Waals surface area contributed by atoms with Crippen molar-refractivity contribution < 1.29 is 5.11 Å². The Kier molecular flexibility index (Phi) is 2.09. The van der Waals surface area contributed by atoms with Crippen molar-refractivity contribution in [1.29, 1.82) is 0 Å². The van der Waals surface area contributed by atoms with Gasteiger partial charge in [0.2, 0.25) is 0 Å². The minimum atomic E-state index is -0.474. The number of H-pyrrole nitrogens is 1. The number of aromatic nitrogens is 2.